The molecule has 3 rings (SSSR count). The molecule has 0 radical (unpaired) electrons. The van der Waals surface area contributed by atoms with Gasteiger partial charge in [-0.05, 0) is 48.9 Å². The second kappa shape index (κ2) is 8.68. The van der Waals surface area contributed by atoms with Gasteiger partial charge in [-0.2, -0.15) is 0 Å². The SMILES string of the molecule is Cc1ccc(COc2ccc(Cl)cc2CNc2ccc(Cl)cc2Cl)cc1. The molecule has 0 aromatic heterocycles. The van der Waals surface area contributed by atoms with Gasteiger partial charge >= 0.3 is 0 Å². The number of hydrogen-bond acceptors (Lipinski definition) is 2. The number of hydrogen-bond donors (Lipinski definition) is 1. The van der Waals surface area contributed by atoms with Gasteiger partial charge in [-0.25, -0.2) is 0 Å². The Morgan fingerprint density at radius 2 is 1.54 bits per heavy atom. The highest BCUT2D eigenvalue weighted by molar-refractivity contribution is 6.36. The molecule has 0 amide bonds. The molecule has 0 aliphatic rings. The van der Waals surface area contributed by atoms with Crippen LogP contribution in [0, 0.1) is 6.92 Å². The van der Waals surface area contributed by atoms with Crippen LogP contribution in [0.25, 0.3) is 0 Å². The van der Waals surface area contributed by atoms with Gasteiger partial charge in [0.15, 0.2) is 0 Å². The number of aryl methyl sites for hydroxylation is 1. The van der Waals surface area contributed by atoms with Crippen LogP contribution in [0.2, 0.25) is 15.1 Å². The zero-order chi connectivity index (χ0) is 18.5. The summed E-state index contributed by atoms with van der Waals surface area (Å²) in [5.41, 5.74) is 4.10. The predicted molar refractivity (Wildman–Crippen MR) is 111 cm³/mol. The van der Waals surface area contributed by atoms with E-state index in [-0.39, 0.29) is 0 Å². The fourth-order valence-electron chi connectivity index (χ4n) is 2.50. The van der Waals surface area contributed by atoms with Crippen molar-refractivity contribution in [2.45, 2.75) is 20.1 Å². The molecule has 0 unspecified atom stereocenters. The van der Waals surface area contributed by atoms with Crippen molar-refractivity contribution in [1.82, 2.24) is 0 Å². The summed E-state index contributed by atoms with van der Waals surface area (Å²) in [4.78, 5) is 0. The van der Waals surface area contributed by atoms with Crippen molar-refractivity contribution in [3.05, 3.63) is 92.4 Å². The van der Waals surface area contributed by atoms with Crippen LogP contribution in [0.4, 0.5) is 5.69 Å². The minimum Gasteiger partial charge on any atom is -0.489 e. The molecule has 0 saturated carbocycles. The highest BCUT2D eigenvalue weighted by Gasteiger charge is 2.07. The van der Waals surface area contributed by atoms with Crippen molar-refractivity contribution in [3.63, 3.8) is 0 Å². The molecule has 0 aliphatic heterocycles. The number of benzene rings is 3. The summed E-state index contributed by atoms with van der Waals surface area (Å²) in [6, 6.07) is 19.2. The smallest absolute Gasteiger partial charge is 0.124 e. The maximum Gasteiger partial charge on any atom is 0.124 e. The van der Waals surface area contributed by atoms with E-state index in [1.54, 1.807) is 12.1 Å². The summed E-state index contributed by atoms with van der Waals surface area (Å²) in [6.45, 7) is 3.09. The second-order valence-corrected chi connectivity index (χ2v) is 7.28. The maximum atomic E-state index is 6.22. The van der Waals surface area contributed by atoms with Gasteiger partial charge in [0.05, 0.1) is 10.7 Å². The molecule has 0 atom stereocenters. The van der Waals surface area contributed by atoms with Gasteiger partial charge in [0, 0.05) is 22.2 Å². The Balaban J connectivity index is 1.71. The zero-order valence-electron chi connectivity index (χ0n) is 14.2. The average molecular weight is 407 g/mol. The maximum absolute atomic E-state index is 6.22. The van der Waals surface area contributed by atoms with E-state index in [0.717, 1.165) is 22.6 Å². The molecule has 1 N–H and O–H groups in total. The summed E-state index contributed by atoms with van der Waals surface area (Å²) < 4.78 is 6.00. The van der Waals surface area contributed by atoms with Crippen molar-refractivity contribution < 1.29 is 4.74 Å². The number of rotatable bonds is 6. The highest BCUT2D eigenvalue weighted by atomic mass is 35.5. The fourth-order valence-corrected chi connectivity index (χ4v) is 3.17. The molecule has 2 nitrogen and oxygen atoms in total. The monoisotopic (exact) mass is 405 g/mol. The number of ether oxygens (including phenoxy) is 1. The molecule has 0 saturated heterocycles. The van der Waals surface area contributed by atoms with Crippen LogP contribution in [0.3, 0.4) is 0 Å². The summed E-state index contributed by atoms with van der Waals surface area (Å²) >= 11 is 18.3. The lowest BCUT2D eigenvalue weighted by atomic mass is 10.1. The van der Waals surface area contributed by atoms with Crippen molar-refractivity contribution >= 4 is 40.5 Å². The molecule has 3 aromatic rings. The zero-order valence-corrected chi connectivity index (χ0v) is 16.5. The van der Waals surface area contributed by atoms with Crippen LogP contribution < -0.4 is 10.1 Å². The molecular weight excluding hydrogens is 389 g/mol. The Bertz CT molecular complexity index is 894. The first-order valence-electron chi connectivity index (χ1n) is 8.17. The highest BCUT2D eigenvalue weighted by Crippen LogP contribution is 2.28. The molecule has 0 heterocycles. The number of anilines is 1. The van der Waals surface area contributed by atoms with E-state index in [2.05, 4.69) is 36.5 Å². The molecule has 3 aromatic carbocycles. The van der Waals surface area contributed by atoms with Crippen LogP contribution in [0.15, 0.2) is 60.7 Å². The van der Waals surface area contributed by atoms with E-state index in [0.29, 0.717) is 28.2 Å². The van der Waals surface area contributed by atoms with Gasteiger partial charge in [-0.1, -0.05) is 64.6 Å². The lowest BCUT2D eigenvalue weighted by Gasteiger charge is -2.14. The first kappa shape index (κ1) is 18.9. The fraction of sp³-hybridized carbons (Fsp3) is 0.143. The van der Waals surface area contributed by atoms with E-state index in [1.165, 1.54) is 5.56 Å². The van der Waals surface area contributed by atoms with Crippen LogP contribution in [-0.2, 0) is 13.2 Å². The van der Waals surface area contributed by atoms with Crippen molar-refractivity contribution in [1.29, 1.82) is 0 Å². The van der Waals surface area contributed by atoms with E-state index >= 15 is 0 Å². The van der Waals surface area contributed by atoms with Crippen molar-refractivity contribution in [2.24, 2.45) is 0 Å². The van der Waals surface area contributed by atoms with E-state index in [1.807, 2.05) is 24.3 Å². The average Bonchev–Trinajstić information content (AvgIpc) is 2.61. The topological polar surface area (TPSA) is 21.3 Å². The molecule has 5 heteroatoms. The van der Waals surface area contributed by atoms with Gasteiger partial charge in [-0.3, -0.25) is 0 Å². The van der Waals surface area contributed by atoms with Crippen LogP contribution >= 0.6 is 34.8 Å². The van der Waals surface area contributed by atoms with Crippen LogP contribution in [0.1, 0.15) is 16.7 Å². The first-order valence-corrected chi connectivity index (χ1v) is 9.30. The third-order valence-corrected chi connectivity index (χ3v) is 4.72. The molecule has 0 aliphatic carbocycles. The van der Waals surface area contributed by atoms with Crippen LogP contribution in [0.5, 0.6) is 5.75 Å². The minimum absolute atomic E-state index is 0.497. The summed E-state index contributed by atoms with van der Waals surface area (Å²) in [6.07, 6.45) is 0. The van der Waals surface area contributed by atoms with Gasteiger partial charge in [0.1, 0.15) is 12.4 Å². The third kappa shape index (κ3) is 5.07. The van der Waals surface area contributed by atoms with Gasteiger partial charge in [0.2, 0.25) is 0 Å². The van der Waals surface area contributed by atoms with E-state index in [9.17, 15) is 0 Å². The van der Waals surface area contributed by atoms with Gasteiger partial charge < -0.3 is 10.1 Å². The van der Waals surface area contributed by atoms with Gasteiger partial charge in [-0.15, -0.1) is 0 Å². The van der Waals surface area contributed by atoms with Gasteiger partial charge in [0.25, 0.3) is 0 Å². The van der Waals surface area contributed by atoms with E-state index in [4.69, 9.17) is 39.5 Å². The molecule has 0 spiro atoms. The van der Waals surface area contributed by atoms with E-state index < -0.39 is 0 Å². The van der Waals surface area contributed by atoms with Crippen molar-refractivity contribution in [2.75, 3.05) is 5.32 Å². The minimum atomic E-state index is 0.497. The third-order valence-electron chi connectivity index (χ3n) is 3.94. The van der Waals surface area contributed by atoms with Crippen LogP contribution in [-0.4, -0.2) is 0 Å². The summed E-state index contributed by atoms with van der Waals surface area (Å²) in [7, 11) is 0. The Labute approximate surface area is 168 Å². The number of nitrogens with one attached hydrogen (secondary N) is 1. The molecule has 0 fully saturated rings. The quantitative estimate of drug-likeness (QED) is 0.469. The summed E-state index contributed by atoms with van der Waals surface area (Å²) in [5, 5.41) is 5.13. The Morgan fingerprint density at radius 1 is 0.846 bits per heavy atom. The largest absolute Gasteiger partial charge is 0.489 e. The predicted octanol–water partition coefficient (Wildman–Crippen LogP) is 7.15. The standard InChI is InChI=1S/C21H18Cl3NO/c1-14-2-4-15(5-3-14)13-26-21-9-7-17(22)10-16(21)12-25-20-8-6-18(23)11-19(20)24/h2-11,25H,12-13H2,1H3. The lowest BCUT2D eigenvalue weighted by molar-refractivity contribution is 0.303. The normalized spacial score (nSPS) is 10.6. The molecule has 134 valence electrons. The molecule has 26 heavy (non-hydrogen) atoms. The molecular formula is C21H18Cl3NO. The first-order chi connectivity index (χ1) is 12.5. The Hall–Kier alpha value is -1.87. The lowest BCUT2D eigenvalue weighted by Crippen LogP contribution is -2.04. The number of halogens is 3. The van der Waals surface area contributed by atoms with Crippen molar-refractivity contribution in [3.8, 4) is 5.75 Å². The Morgan fingerprint density at radius 3 is 2.27 bits per heavy atom. The molecule has 0 bridgehead atoms. The Kier molecular flexibility index (Phi) is 6.31. The second-order valence-electron chi connectivity index (χ2n) is 6.00. The summed E-state index contributed by atoms with van der Waals surface area (Å²) in [5.74, 6) is 0.785.